The summed E-state index contributed by atoms with van der Waals surface area (Å²) in [6.45, 7) is 5.44. The summed E-state index contributed by atoms with van der Waals surface area (Å²) >= 11 is 5.90. The zero-order valence-corrected chi connectivity index (χ0v) is 10.6. The Morgan fingerprint density at radius 2 is 1.94 bits per heavy atom. The monoisotopic (exact) mass is 246 g/mol. The average molecular weight is 247 g/mol. The number of methoxy groups -OCH3 is 1. The second-order valence-corrected chi connectivity index (χ2v) is 5.15. The third-order valence-electron chi connectivity index (χ3n) is 2.40. The van der Waals surface area contributed by atoms with Crippen molar-refractivity contribution in [3.05, 3.63) is 28.5 Å². The number of rotatable bonds is 2. The molecule has 4 heteroatoms. The third-order valence-corrected chi connectivity index (χ3v) is 2.73. The predicted molar refractivity (Wildman–Crippen MR) is 62.4 cm³/mol. The van der Waals surface area contributed by atoms with Crippen molar-refractivity contribution in [2.75, 3.05) is 7.11 Å². The molecule has 1 aromatic carbocycles. The van der Waals surface area contributed by atoms with Crippen LogP contribution in [-0.4, -0.2) is 12.2 Å². The Bertz CT molecular complexity index is 385. The topological polar surface area (TPSA) is 29.5 Å². The zero-order valence-electron chi connectivity index (χ0n) is 9.84. The number of ether oxygens (including phenoxy) is 1. The molecule has 1 unspecified atom stereocenters. The maximum atomic E-state index is 13.9. The Morgan fingerprint density at radius 3 is 2.38 bits per heavy atom. The molecule has 1 N–H and O–H groups in total. The molecule has 0 spiro atoms. The summed E-state index contributed by atoms with van der Waals surface area (Å²) in [4.78, 5) is 0. The van der Waals surface area contributed by atoms with Gasteiger partial charge in [0, 0.05) is 10.6 Å². The minimum absolute atomic E-state index is 0.0858. The van der Waals surface area contributed by atoms with E-state index in [9.17, 15) is 9.50 Å². The molecule has 90 valence electrons. The molecule has 16 heavy (non-hydrogen) atoms. The van der Waals surface area contributed by atoms with Crippen molar-refractivity contribution in [1.82, 2.24) is 0 Å². The van der Waals surface area contributed by atoms with Gasteiger partial charge in [-0.25, -0.2) is 4.39 Å². The Labute approximate surface area is 100.0 Å². The first kappa shape index (κ1) is 13.3. The molecule has 0 saturated carbocycles. The van der Waals surface area contributed by atoms with Crippen molar-refractivity contribution < 1.29 is 14.2 Å². The van der Waals surface area contributed by atoms with E-state index in [1.807, 2.05) is 20.8 Å². The van der Waals surface area contributed by atoms with Crippen LogP contribution in [0.4, 0.5) is 4.39 Å². The molecule has 0 saturated heterocycles. The number of aliphatic hydroxyl groups is 1. The molecule has 0 radical (unpaired) electrons. The fourth-order valence-electron chi connectivity index (χ4n) is 1.39. The first-order valence-corrected chi connectivity index (χ1v) is 5.36. The lowest BCUT2D eigenvalue weighted by atomic mass is 9.84. The van der Waals surface area contributed by atoms with Crippen LogP contribution in [0.15, 0.2) is 12.1 Å². The van der Waals surface area contributed by atoms with E-state index in [4.69, 9.17) is 16.3 Å². The summed E-state index contributed by atoms with van der Waals surface area (Å²) in [6, 6.07) is 2.96. The molecule has 0 aromatic heterocycles. The molecule has 1 atom stereocenters. The first-order valence-electron chi connectivity index (χ1n) is 4.99. The van der Waals surface area contributed by atoms with Crippen LogP contribution in [0.5, 0.6) is 5.75 Å². The zero-order chi connectivity index (χ0) is 12.5. The van der Waals surface area contributed by atoms with Gasteiger partial charge in [-0.05, 0) is 17.5 Å². The lowest BCUT2D eigenvalue weighted by Crippen LogP contribution is -2.19. The van der Waals surface area contributed by atoms with E-state index in [2.05, 4.69) is 0 Å². The van der Waals surface area contributed by atoms with Crippen LogP contribution < -0.4 is 4.74 Å². The number of halogens is 2. The van der Waals surface area contributed by atoms with Gasteiger partial charge in [0.05, 0.1) is 13.2 Å². The van der Waals surface area contributed by atoms with E-state index >= 15 is 0 Å². The Kier molecular flexibility index (Phi) is 3.81. The second kappa shape index (κ2) is 4.60. The Morgan fingerprint density at radius 1 is 1.38 bits per heavy atom. The van der Waals surface area contributed by atoms with E-state index in [0.29, 0.717) is 0 Å². The van der Waals surface area contributed by atoms with E-state index in [1.165, 1.54) is 19.2 Å². The van der Waals surface area contributed by atoms with Gasteiger partial charge in [-0.3, -0.25) is 0 Å². The number of aliphatic hydroxyl groups excluding tert-OH is 1. The lowest BCUT2D eigenvalue weighted by Gasteiger charge is -2.27. The van der Waals surface area contributed by atoms with E-state index in [1.54, 1.807) is 0 Å². The summed E-state index contributed by atoms with van der Waals surface area (Å²) in [6.07, 6.45) is -0.977. The van der Waals surface area contributed by atoms with Crippen molar-refractivity contribution >= 4 is 11.6 Å². The SMILES string of the molecule is COc1ccc(Cl)c(C(O)C(C)(C)C)c1F. The van der Waals surface area contributed by atoms with Crippen LogP contribution in [0, 0.1) is 11.2 Å². The van der Waals surface area contributed by atoms with Crippen molar-refractivity contribution in [3.63, 3.8) is 0 Å². The standard InChI is InChI=1S/C12H16ClFO2/c1-12(2,3)11(15)9-7(13)5-6-8(16-4)10(9)14/h5-6,11,15H,1-4H3. The summed E-state index contributed by atoms with van der Waals surface area (Å²) < 4.78 is 18.8. The highest BCUT2D eigenvalue weighted by atomic mass is 35.5. The molecule has 0 heterocycles. The second-order valence-electron chi connectivity index (χ2n) is 4.75. The fraction of sp³-hybridized carbons (Fsp3) is 0.500. The van der Waals surface area contributed by atoms with Crippen LogP contribution in [0.25, 0.3) is 0 Å². The van der Waals surface area contributed by atoms with E-state index in [-0.39, 0.29) is 16.3 Å². The van der Waals surface area contributed by atoms with Crippen LogP contribution >= 0.6 is 11.6 Å². The molecule has 0 aliphatic heterocycles. The Hall–Kier alpha value is -0.800. The number of hydrogen-bond donors (Lipinski definition) is 1. The van der Waals surface area contributed by atoms with Crippen molar-refractivity contribution in [2.45, 2.75) is 26.9 Å². The van der Waals surface area contributed by atoms with Gasteiger partial charge in [-0.15, -0.1) is 0 Å². The van der Waals surface area contributed by atoms with Crippen LogP contribution in [-0.2, 0) is 0 Å². The number of hydrogen-bond acceptors (Lipinski definition) is 2. The average Bonchev–Trinajstić information content (AvgIpc) is 2.16. The van der Waals surface area contributed by atoms with Gasteiger partial charge in [0.25, 0.3) is 0 Å². The van der Waals surface area contributed by atoms with Crippen molar-refractivity contribution in [3.8, 4) is 5.75 Å². The predicted octanol–water partition coefficient (Wildman–Crippen LogP) is 3.57. The normalized spacial score (nSPS) is 13.7. The van der Waals surface area contributed by atoms with Gasteiger partial charge in [0.15, 0.2) is 11.6 Å². The van der Waals surface area contributed by atoms with Crippen molar-refractivity contribution in [1.29, 1.82) is 0 Å². The minimum atomic E-state index is -0.977. The molecule has 0 fully saturated rings. The van der Waals surface area contributed by atoms with Gasteiger partial charge in [0.2, 0.25) is 0 Å². The number of benzene rings is 1. The molecular weight excluding hydrogens is 231 g/mol. The first-order chi connectivity index (χ1) is 7.29. The minimum Gasteiger partial charge on any atom is -0.494 e. The summed E-state index contributed by atoms with van der Waals surface area (Å²) in [7, 11) is 1.37. The lowest BCUT2D eigenvalue weighted by molar-refractivity contribution is 0.0591. The largest absolute Gasteiger partial charge is 0.494 e. The molecule has 2 nitrogen and oxygen atoms in total. The van der Waals surface area contributed by atoms with Gasteiger partial charge in [-0.2, -0.15) is 0 Å². The molecule has 1 rings (SSSR count). The van der Waals surface area contributed by atoms with Gasteiger partial charge < -0.3 is 9.84 Å². The van der Waals surface area contributed by atoms with Crippen LogP contribution in [0.1, 0.15) is 32.4 Å². The van der Waals surface area contributed by atoms with Crippen molar-refractivity contribution in [2.24, 2.45) is 5.41 Å². The van der Waals surface area contributed by atoms with Crippen LogP contribution in [0.3, 0.4) is 0 Å². The van der Waals surface area contributed by atoms with E-state index < -0.39 is 17.3 Å². The molecular formula is C12H16ClFO2. The summed E-state index contributed by atoms with van der Waals surface area (Å²) in [5.41, 5.74) is -0.398. The molecule has 0 aliphatic carbocycles. The quantitative estimate of drug-likeness (QED) is 0.865. The highest BCUT2D eigenvalue weighted by molar-refractivity contribution is 6.31. The maximum Gasteiger partial charge on any atom is 0.172 e. The third kappa shape index (κ3) is 2.47. The highest BCUT2D eigenvalue weighted by Crippen LogP contribution is 2.39. The molecule has 0 bridgehead atoms. The smallest absolute Gasteiger partial charge is 0.172 e. The Balaban J connectivity index is 3.32. The molecule has 1 aromatic rings. The molecule has 0 aliphatic rings. The van der Waals surface area contributed by atoms with Gasteiger partial charge in [0.1, 0.15) is 0 Å². The molecule has 0 amide bonds. The maximum absolute atomic E-state index is 13.9. The fourth-order valence-corrected chi connectivity index (χ4v) is 1.64. The highest BCUT2D eigenvalue weighted by Gasteiger charge is 2.29. The van der Waals surface area contributed by atoms with Gasteiger partial charge in [-0.1, -0.05) is 32.4 Å². The van der Waals surface area contributed by atoms with E-state index in [0.717, 1.165) is 0 Å². The van der Waals surface area contributed by atoms with Gasteiger partial charge >= 0.3 is 0 Å². The van der Waals surface area contributed by atoms with Crippen LogP contribution in [0.2, 0.25) is 5.02 Å². The summed E-state index contributed by atoms with van der Waals surface area (Å²) in [5.74, 6) is -0.514. The summed E-state index contributed by atoms with van der Waals surface area (Å²) in [5, 5.41) is 10.3.